The van der Waals surface area contributed by atoms with Gasteiger partial charge in [0.05, 0.1) is 59.3 Å². The van der Waals surface area contributed by atoms with Crippen LogP contribution in [0.25, 0.3) is 0 Å². The number of hydrogen-bond donors (Lipinski definition) is 3. The second-order valence-corrected chi connectivity index (χ2v) is 12.7. The molecule has 0 amide bonds. The van der Waals surface area contributed by atoms with Crippen LogP contribution in [0.1, 0.15) is 60.3 Å². The highest BCUT2D eigenvalue weighted by Crippen LogP contribution is 2.33. The van der Waals surface area contributed by atoms with Crippen molar-refractivity contribution in [2.45, 2.75) is 78.1 Å². The van der Waals surface area contributed by atoms with Crippen LogP contribution in [0.2, 0.25) is 0 Å². The maximum atomic E-state index is 13.7. The molecule has 3 heterocycles. The van der Waals surface area contributed by atoms with E-state index in [1.807, 2.05) is 5.32 Å². The molecule has 6 rings (SSSR count). The fourth-order valence-electron chi connectivity index (χ4n) is 5.29. The molecule has 3 aliphatic heterocycles. The number of aliphatic hydroxyl groups is 1. The van der Waals surface area contributed by atoms with Crippen LogP contribution >= 0.6 is 0 Å². The Morgan fingerprint density at radius 3 is 1.29 bits per heavy atom. The summed E-state index contributed by atoms with van der Waals surface area (Å²) in [5.41, 5.74) is 5.44. The number of anilines is 3. The van der Waals surface area contributed by atoms with Gasteiger partial charge in [0.15, 0.2) is 17.5 Å². The Balaban J connectivity index is 0. The zero-order chi connectivity index (χ0) is 42.3. The fourth-order valence-corrected chi connectivity index (χ4v) is 5.29. The van der Waals surface area contributed by atoms with Gasteiger partial charge in [0.1, 0.15) is 5.82 Å². The van der Waals surface area contributed by atoms with E-state index >= 15 is 0 Å². The van der Waals surface area contributed by atoms with E-state index in [1.165, 1.54) is 29.2 Å². The van der Waals surface area contributed by atoms with Gasteiger partial charge in [-0.1, -0.05) is 14.9 Å². The van der Waals surface area contributed by atoms with Gasteiger partial charge in [-0.05, 0) is 37.3 Å². The van der Waals surface area contributed by atoms with Crippen molar-refractivity contribution in [2.24, 2.45) is 0 Å². The standard InChI is InChI=1S/C11H11F3N2O2.C11H13F3N2.C6H3F2NO2.C5H9F2N.C2H6O.2CH4.ClH/c12-9-7-8(16(17)18)1-2-10(9)15-5-3-11(13,14)4-6-15;12-9-7-8(15)1-2-10(9)16-5-3-11(13,14)4-6-16;7-5-2-1-4(9(10)11)3-6(5)8;6-5(7)1-3-8-4-2-5;1-2-3;;;/h1-2,7H,3-6H2;1-2,7H,3-6,15H2;1-3H;8H,1-4H2;3H,2H2,1H3;2*1H4;1H. The maximum Gasteiger partial charge on any atom is 0.272 e. The van der Waals surface area contributed by atoms with Crippen LogP contribution < -0.4 is 33.3 Å². The Labute approximate surface area is 342 Å². The molecule has 3 saturated heterocycles. The third kappa shape index (κ3) is 19.8. The smallest absolute Gasteiger partial charge is 0.272 e. The molecule has 0 unspecified atom stereocenters. The normalized spacial score (nSPS) is 16.9. The van der Waals surface area contributed by atoms with Crippen molar-refractivity contribution < 1.29 is 76.6 Å². The second-order valence-electron chi connectivity index (χ2n) is 12.7. The lowest BCUT2D eigenvalue weighted by Crippen LogP contribution is -3.00. The molecule has 336 valence electrons. The number of non-ortho nitro benzene ring substituents is 2. The van der Waals surface area contributed by atoms with Gasteiger partial charge in [-0.25, -0.2) is 43.9 Å². The van der Waals surface area contributed by atoms with Crippen molar-refractivity contribution in [1.29, 1.82) is 0 Å². The first-order valence-corrected chi connectivity index (χ1v) is 17.2. The molecule has 0 radical (unpaired) electrons. The zero-order valence-corrected chi connectivity index (χ0v) is 31.3. The molecular weight excluding hydrogens is 834 g/mol. The number of nitrogens with two attached hydrogens (primary N) is 2. The molecule has 0 atom stereocenters. The first-order chi connectivity index (χ1) is 26.1. The SMILES string of the molecule is C.C.CCO.FC1(F)CC[NH2+]CC1.Nc1ccc(N2CCC(F)(F)CC2)c(F)c1.O=[N+]([O-])c1ccc(F)c(F)c1.O=[N+]([O-])c1ccc(N2CCC(F)(F)CC2)c(F)c1.[Cl-]. The Morgan fingerprint density at radius 1 is 0.627 bits per heavy atom. The van der Waals surface area contributed by atoms with Crippen LogP contribution in [0.4, 0.5) is 72.3 Å². The molecule has 0 aromatic heterocycles. The van der Waals surface area contributed by atoms with E-state index in [4.69, 9.17) is 10.8 Å². The second kappa shape index (κ2) is 25.8. The Morgan fingerprint density at radius 2 is 0.966 bits per heavy atom. The summed E-state index contributed by atoms with van der Waals surface area (Å²) < 4.78 is 128. The van der Waals surface area contributed by atoms with Crippen molar-refractivity contribution in [3.63, 3.8) is 0 Å². The monoisotopic (exact) mass is 884 g/mol. The molecule has 0 saturated carbocycles. The number of quaternary nitrogens is 1. The van der Waals surface area contributed by atoms with E-state index in [-0.39, 0.29) is 110 Å². The van der Waals surface area contributed by atoms with Gasteiger partial charge < -0.3 is 38.4 Å². The third-order valence-electron chi connectivity index (χ3n) is 8.33. The molecule has 3 aromatic rings. The van der Waals surface area contributed by atoms with E-state index < -0.39 is 56.6 Å². The number of benzene rings is 3. The summed E-state index contributed by atoms with van der Waals surface area (Å²) in [4.78, 5) is 22.1. The van der Waals surface area contributed by atoms with Crippen LogP contribution in [0.15, 0.2) is 54.6 Å². The van der Waals surface area contributed by atoms with Gasteiger partial charge in [0.2, 0.25) is 0 Å². The number of nitro groups is 2. The topological polar surface area (TPSA) is 156 Å². The van der Waals surface area contributed by atoms with E-state index in [0.717, 1.165) is 12.1 Å². The summed E-state index contributed by atoms with van der Waals surface area (Å²) in [6, 6.07) is 9.72. The number of piperidine rings is 3. The molecule has 0 bridgehead atoms. The van der Waals surface area contributed by atoms with Crippen LogP contribution in [-0.2, 0) is 0 Å². The highest BCUT2D eigenvalue weighted by atomic mass is 35.5. The number of alkyl halides is 6. The largest absolute Gasteiger partial charge is 1.00 e. The van der Waals surface area contributed by atoms with Crippen molar-refractivity contribution in [2.75, 3.05) is 61.4 Å². The van der Waals surface area contributed by atoms with Crippen LogP contribution in [-0.4, -0.2) is 78.6 Å². The number of rotatable bonds is 4. The number of hydrogen-bond acceptors (Lipinski definition) is 8. The van der Waals surface area contributed by atoms with Gasteiger partial charge in [-0.15, -0.1) is 0 Å². The first-order valence-electron chi connectivity index (χ1n) is 17.2. The average molecular weight is 885 g/mol. The minimum atomic E-state index is -2.70. The molecule has 59 heavy (non-hydrogen) atoms. The van der Waals surface area contributed by atoms with Gasteiger partial charge in [-0.3, -0.25) is 20.2 Å². The van der Waals surface area contributed by atoms with Crippen molar-refractivity contribution in [3.8, 4) is 0 Å². The quantitative estimate of drug-likeness (QED) is 0.130. The van der Waals surface area contributed by atoms with E-state index in [0.29, 0.717) is 36.6 Å². The van der Waals surface area contributed by atoms with Gasteiger partial charge >= 0.3 is 0 Å². The lowest BCUT2D eigenvalue weighted by Gasteiger charge is -2.33. The average Bonchev–Trinajstić information content (AvgIpc) is 3.11. The minimum Gasteiger partial charge on any atom is -1.00 e. The van der Waals surface area contributed by atoms with E-state index in [2.05, 4.69) is 0 Å². The van der Waals surface area contributed by atoms with Crippen LogP contribution in [0.5, 0.6) is 0 Å². The number of halogens is 11. The number of nitrogens with zero attached hydrogens (tertiary/aromatic N) is 4. The highest BCUT2D eigenvalue weighted by molar-refractivity contribution is 5.55. The molecule has 3 aliphatic rings. The van der Waals surface area contributed by atoms with Crippen molar-refractivity contribution >= 4 is 28.4 Å². The Hall–Kier alpha value is -4.63. The van der Waals surface area contributed by atoms with Crippen molar-refractivity contribution in [3.05, 3.63) is 98.1 Å². The third-order valence-corrected chi connectivity index (χ3v) is 8.33. The molecule has 3 aromatic carbocycles. The highest BCUT2D eigenvalue weighted by Gasteiger charge is 2.36. The Bertz CT molecular complexity index is 1720. The lowest BCUT2D eigenvalue weighted by molar-refractivity contribution is -0.669. The van der Waals surface area contributed by atoms with Crippen LogP contribution in [0.3, 0.4) is 0 Å². The molecule has 3 fully saturated rings. The molecular formula is C37H51ClF10N6O5. The summed E-state index contributed by atoms with van der Waals surface area (Å²) in [7, 11) is 0. The number of nitrogen functional groups attached to an aromatic ring is 1. The number of nitro benzene ring substituents is 2. The molecule has 22 heteroatoms. The summed E-state index contributed by atoms with van der Waals surface area (Å²) in [5, 5.41) is 29.9. The summed E-state index contributed by atoms with van der Waals surface area (Å²) in [5.74, 6) is -11.2. The molecule has 0 aliphatic carbocycles. The van der Waals surface area contributed by atoms with E-state index in [1.54, 1.807) is 17.9 Å². The lowest BCUT2D eigenvalue weighted by atomic mass is 10.1. The molecule has 0 spiro atoms. The zero-order valence-electron chi connectivity index (χ0n) is 30.6. The summed E-state index contributed by atoms with van der Waals surface area (Å²) in [6.07, 6.45) is -0.986. The van der Waals surface area contributed by atoms with Gasteiger partial charge in [-0.2, -0.15) is 0 Å². The van der Waals surface area contributed by atoms with Crippen molar-refractivity contribution in [1.82, 2.24) is 0 Å². The maximum absolute atomic E-state index is 13.7. The minimum absolute atomic E-state index is 0. The predicted octanol–water partition coefficient (Wildman–Crippen LogP) is 5.74. The first kappa shape index (κ1) is 56.5. The van der Waals surface area contributed by atoms with E-state index in [9.17, 15) is 64.1 Å². The summed E-state index contributed by atoms with van der Waals surface area (Å²) in [6.45, 7) is 3.55. The molecule has 5 N–H and O–H groups in total. The number of aliphatic hydroxyl groups excluding tert-OH is 1. The van der Waals surface area contributed by atoms with Crippen LogP contribution in [0, 0.1) is 43.5 Å². The predicted molar refractivity (Wildman–Crippen MR) is 202 cm³/mol. The Kier molecular flexibility index (Phi) is 24.7. The van der Waals surface area contributed by atoms with Gasteiger partial charge in [0, 0.05) is 76.3 Å². The molecule has 11 nitrogen and oxygen atoms in total. The summed E-state index contributed by atoms with van der Waals surface area (Å²) >= 11 is 0. The fraction of sp³-hybridized carbons (Fsp3) is 0.514. The van der Waals surface area contributed by atoms with Gasteiger partial charge in [0.25, 0.3) is 29.1 Å².